The van der Waals surface area contributed by atoms with Crippen molar-refractivity contribution < 1.29 is 9.15 Å². The Bertz CT molecular complexity index is 515. The van der Waals surface area contributed by atoms with Gasteiger partial charge in [-0.1, -0.05) is 12.1 Å². The first-order valence-electron chi connectivity index (χ1n) is 5.90. The fraction of sp³-hybridized carbons (Fsp3) is 0.385. The molecule has 0 aliphatic carbocycles. The summed E-state index contributed by atoms with van der Waals surface area (Å²) in [5.74, 6) is 0.972. The van der Waals surface area contributed by atoms with Gasteiger partial charge in [0.1, 0.15) is 5.76 Å². The molecule has 3 rings (SSSR count). The van der Waals surface area contributed by atoms with E-state index in [-0.39, 0.29) is 0 Å². The lowest BCUT2D eigenvalue weighted by atomic mass is 10.2. The molecule has 1 aromatic carbocycles. The van der Waals surface area contributed by atoms with Crippen molar-refractivity contribution in [1.29, 1.82) is 0 Å². The molecule has 4 heteroatoms. The van der Waals surface area contributed by atoms with Crippen LogP contribution >= 0.6 is 0 Å². The first-order valence-corrected chi connectivity index (χ1v) is 5.90. The van der Waals surface area contributed by atoms with Crippen LogP contribution in [-0.4, -0.2) is 31.2 Å². The maximum absolute atomic E-state index is 5.88. The summed E-state index contributed by atoms with van der Waals surface area (Å²) in [5, 5.41) is 1.08. The highest BCUT2D eigenvalue weighted by molar-refractivity contribution is 5.88. The highest BCUT2D eigenvalue weighted by Crippen LogP contribution is 2.25. The molecule has 4 nitrogen and oxygen atoms in total. The Morgan fingerprint density at radius 3 is 2.82 bits per heavy atom. The Hall–Kier alpha value is -1.52. The smallest absolute Gasteiger partial charge is 0.157 e. The van der Waals surface area contributed by atoms with E-state index in [4.69, 9.17) is 14.9 Å². The second-order valence-electron chi connectivity index (χ2n) is 4.37. The third-order valence-electron chi connectivity index (χ3n) is 3.11. The molecule has 0 unspecified atom stereocenters. The van der Waals surface area contributed by atoms with Crippen LogP contribution in [-0.2, 0) is 11.3 Å². The van der Waals surface area contributed by atoms with Crippen LogP contribution in [0.5, 0.6) is 0 Å². The molecule has 1 aliphatic heterocycles. The van der Waals surface area contributed by atoms with Crippen LogP contribution in [0.2, 0.25) is 0 Å². The molecule has 0 saturated carbocycles. The molecule has 0 atom stereocenters. The van der Waals surface area contributed by atoms with E-state index < -0.39 is 0 Å². The van der Waals surface area contributed by atoms with Crippen LogP contribution in [0.3, 0.4) is 0 Å². The Kier molecular flexibility index (Phi) is 2.74. The van der Waals surface area contributed by atoms with Gasteiger partial charge in [-0.15, -0.1) is 0 Å². The van der Waals surface area contributed by atoms with Crippen molar-refractivity contribution in [3.63, 3.8) is 0 Å². The molecule has 0 radical (unpaired) electrons. The minimum atomic E-state index is 0.704. The zero-order valence-electron chi connectivity index (χ0n) is 9.69. The summed E-state index contributed by atoms with van der Waals surface area (Å²) in [6.45, 7) is 4.38. The number of ether oxygens (including phenoxy) is 1. The average molecular weight is 232 g/mol. The molecule has 1 fully saturated rings. The van der Waals surface area contributed by atoms with Crippen molar-refractivity contribution in [2.75, 3.05) is 32.0 Å². The number of morpholine rings is 1. The Labute approximate surface area is 99.9 Å². The number of rotatable bonds is 2. The normalized spacial score (nSPS) is 17.6. The Morgan fingerprint density at radius 2 is 2.06 bits per heavy atom. The fourth-order valence-corrected chi connectivity index (χ4v) is 2.20. The number of nitrogens with zero attached hydrogens (tertiary/aromatic N) is 1. The van der Waals surface area contributed by atoms with Gasteiger partial charge in [-0.3, -0.25) is 4.90 Å². The average Bonchev–Trinajstić information content (AvgIpc) is 2.74. The summed E-state index contributed by atoms with van der Waals surface area (Å²) < 4.78 is 11.1. The summed E-state index contributed by atoms with van der Waals surface area (Å²) in [4.78, 5) is 2.33. The minimum Gasteiger partial charge on any atom is -0.458 e. The predicted octanol–water partition coefficient (Wildman–Crippen LogP) is 1.85. The zero-order chi connectivity index (χ0) is 11.7. The number of para-hydroxylation sites is 1. The number of furan rings is 1. The molecule has 2 aromatic rings. The van der Waals surface area contributed by atoms with Crippen molar-refractivity contribution in [2.45, 2.75) is 6.54 Å². The molecule has 2 N–H and O–H groups in total. The lowest BCUT2D eigenvalue weighted by molar-refractivity contribution is 0.0315. The van der Waals surface area contributed by atoms with Crippen molar-refractivity contribution in [3.05, 3.63) is 30.0 Å². The molecular weight excluding hydrogens is 216 g/mol. The standard InChI is InChI=1S/C13H16N2O2/c14-12-3-1-2-10-8-11(17-13(10)12)9-15-4-6-16-7-5-15/h1-3,8H,4-7,9,14H2. The molecule has 1 aromatic heterocycles. The van der Waals surface area contributed by atoms with Gasteiger partial charge in [-0.25, -0.2) is 0 Å². The zero-order valence-corrected chi connectivity index (χ0v) is 9.69. The number of nitrogen functional groups attached to an aromatic ring is 1. The SMILES string of the molecule is Nc1cccc2cc(CN3CCOCC3)oc12. The number of nitrogens with two attached hydrogens (primary N) is 1. The highest BCUT2D eigenvalue weighted by Gasteiger charge is 2.13. The summed E-state index contributed by atoms with van der Waals surface area (Å²) >= 11 is 0. The van der Waals surface area contributed by atoms with E-state index in [1.54, 1.807) is 0 Å². The quantitative estimate of drug-likeness (QED) is 0.803. The van der Waals surface area contributed by atoms with Crippen LogP contribution in [0.1, 0.15) is 5.76 Å². The fourth-order valence-electron chi connectivity index (χ4n) is 2.20. The van der Waals surface area contributed by atoms with Crippen molar-refractivity contribution >= 4 is 16.7 Å². The van der Waals surface area contributed by atoms with Crippen LogP contribution in [0.15, 0.2) is 28.7 Å². The van der Waals surface area contributed by atoms with Crippen molar-refractivity contribution in [2.24, 2.45) is 0 Å². The van der Waals surface area contributed by atoms with Gasteiger partial charge in [0.05, 0.1) is 25.4 Å². The second kappa shape index (κ2) is 4.39. The molecule has 1 aliphatic rings. The first kappa shape index (κ1) is 10.6. The van der Waals surface area contributed by atoms with Gasteiger partial charge < -0.3 is 14.9 Å². The lowest BCUT2D eigenvalue weighted by Crippen LogP contribution is -2.35. The van der Waals surface area contributed by atoms with Gasteiger partial charge in [-0.05, 0) is 12.1 Å². The Morgan fingerprint density at radius 1 is 1.24 bits per heavy atom. The van der Waals surface area contributed by atoms with Crippen molar-refractivity contribution in [1.82, 2.24) is 4.90 Å². The van der Waals surface area contributed by atoms with Gasteiger partial charge in [0.2, 0.25) is 0 Å². The summed E-state index contributed by atoms with van der Waals surface area (Å²) in [6, 6.07) is 7.91. The monoisotopic (exact) mass is 232 g/mol. The summed E-state index contributed by atoms with van der Waals surface area (Å²) in [7, 11) is 0. The number of fused-ring (bicyclic) bond motifs is 1. The molecule has 17 heavy (non-hydrogen) atoms. The topological polar surface area (TPSA) is 51.6 Å². The molecule has 0 spiro atoms. The molecule has 0 amide bonds. The third kappa shape index (κ3) is 2.14. The van der Waals surface area contributed by atoms with Gasteiger partial charge >= 0.3 is 0 Å². The van der Waals surface area contributed by atoms with E-state index >= 15 is 0 Å². The molecular formula is C13H16N2O2. The number of anilines is 1. The maximum Gasteiger partial charge on any atom is 0.157 e. The van der Waals surface area contributed by atoms with Crippen LogP contribution < -0.4 is 5.73 Å². The Balaban J connectivity index is 1.83. The maximum atomic E-state index is 5.88. The predicted molar refractivity (Wildman–Crippen MR) is 66.7 cm³/mol. The first-order chi connectivity index (χ1) is 8.33. The largest absolute Gasteiger partial charge is 0.458 e. The summed E-state index contributed by atoms with van der Waals surface area (Å²) in [6.07, 6.45) is 0. The number of benzene rings is 1. The molecule has 1 saturated heterocycles. The minimum absolute atomic E-state index is 0.704. The van der Waals surface area contributed by atoms with Crippen LogP contribution in [0.4, 0.5) is 5.69 Å². The highest BCUT2D eigenvalue weighted by atomic mass is 16.5. The number of hydrogen-bond acceptors (Lipinski definition) is 4. The van der Waals surface area contributed by atoms with E-state index in [0.29, 0.717) is 5.69 Å². The van der Waals surface area contributed by atoms with Crippen LogP contribution in [0, 0.1) is 0 Å². The molecule has 2 heterocycles. The summed E-state index contributed by atoms with van der Waals surface area (Å²) in [5.41, 5.74) is 7.38. The van der Waals surface area contributed by atoms with E-state index in [2.05, 4.69) is 11.0 Å². The van der Waals surface area contributed by atoms with Gasteiger partial charge in [0.25, 0.3) is 0 Å². The van der Waals surface area contributed by atoms with E-state index in [1.165, 1.54) is 0 Å². The van der Waals surface area contributed by atoms with Gasteiger partial charge in [-0.2, -0.15) is 0 Å². The molecule has 90 valence electrons. The van der Waals surface area contributed by atoms with Crippen LogP contribution in [0.25, 0.3) is 11.0 Å². The van der Waals surface area contributed by atoms with Gasteiger partial charge in [0.15, 0.2) is 5.58 Å². The second-order valence-corrected chi connectivity index (χ2v) is 4.37. The van der Waals surface area contributed by atoms with E-state index in [9.17, 15) is 0 Å². The lowest BCUT2D eigenvalue weighted by Gasteiger charge is -2.25. The molecule has 0 bridgehead atoms. The third-order valence-corrected chi connectivity index (χ3v) is 3.11. The van der Waals surface area contributed by atoms with Gasteiger partial charge in [0, 0.05) is 18.5 Å². The van der Waals surface area contributed by atoms with E-state index in [1.807, 2.05) is 18.2 Å². The number of hydrogen-bond donors (Lipinski definition) is 1. The van der Waals surface area contributed by atoms with E-state index in [0.717, 1.165) is 49.6 Å². The van der Waals surface area contributed by atoms with Crippen molar-refractivity contribution in [3.8, 4) is 0 Å².